The lowest BCUT2D eigenvalue weighted by Gasteiger charge is -2.67. The first kappa shape index (κ1) is 61.9. The maximum Gasteiger partial charge on any atom is 0.350 e. The van der Waals surface area contributed by atoms with Crippen molar-refractivity contribution >= 4 is 57.5 Å². The largest absolute Gasteiger partial charge is 0.455 e. The van der Waals surface area contributed by atoms with Crippen molar-refractivity contribution in [2.75, 3.05) is 6.61 Å². The van der Waals surface area contributed by atoms with E-state index in [1.807, 2.05) is 0 Å². The van der Waals surface area contributed by atoms with E-state index in [-0.39, 0.29) is 35.3 Å². The summed E-state index contributed by atoms with van der Waals surface area (Å²) in [7, 11) is 0. The summed E-state index contributed by atoms with van der Waals surface area (Å²) in [5.41, 5.74) is -7.24. The van der Waals surface area contributed by atoms with Crippen LogP contribution in [0.2, 0.25) is 0 Å². The molecule has 1 heterocycles. The van der Waals surface area contributed by atoms with E-state index in [1.54, 1.807) is 99.6 Å². The number of halogens is 1. The number of ether oxygens (including phenoxy) is 6. The number of rotatable bonds is 25. The molecule has 0 spiro atoms. The van der Waals surface area contributed by atoms with Crippen LogP contribution >= 0.6 is 15.9 Å². The Morgan fingerprint density at radius 1 is 0.738 bits per heavy atom. The predicted octanol–water partition coefficient (Wildman–Crippen LogP) is 10.1. The number of carbonyl (C=O) groups excluding carboxylic acids is 7. The summed E-state index contributed by atoms with van der Waals surface area (Å²) in [4.78, 5) is 100. The van der Waals surface area contributed by atoms with Crippen LogP contribution in [0.5, 0.6) is 0 Å². The standard InChI is InChI=1S/C63H80BrNO15/c1-8-9-10-11-12-13-14-15-16-17-18-28-35-45(64)58(72)78-52(50(42-29-22-19-23-30-42)65-56(70)43-31-24-20-25-32-43)59(73)77-46-37-63(74)55(79-57(71)44-33-26-21-27-34-44)53-61(7,47(68)36-48-62(53,38-75-48)80-41(4)67)54(69)51(76-40(3)66)49(39(46)2)60(63,5)6/h19-27,29-34,45-48,50-53,55,68,74H,8-18,28,35-38H2,1-7H3,(H,65,70)/t45-,46+,47+,48-,50+,51-,52-,53+,55+,61-,62+,63-/m1/s1. The number of hydrogen-bond acceptors (Lipinski definition) is 15. The fourth-order valence-corrected chi connectivity index (χ4v) is 13.2. The van der Waals surface area contributed by atoms with Crippen molar-refractivity contribution in [3.63, 3.8) is 0 Å². The van der Waals surface area contributed by atoms with E-state index < -0.39 is 123 Å². The maximum absolute atomic E-state index is 15.8. The lowest BCUT2D eigenvalue weighted by Crippen LogP contribution is -2.82. The van der Waals surface area contributed by atoms with E-state index in [2.05, 4.69) is 28.2 Å². The highest BCUT2D eigenvalue weighted by Crippen LogP contribution is 2.64. The van der Waals surface area contributed by atoms with E-state index in [9.17, 15) is 34.2 Å². The molecule has 4 aliphatic rings. The molecule has 2 bridgehead atoms. The second kappa shape index (κ2) is 26.9. The molecule has 1 amide bonds. The SMILES string of the molecule is CCCCCCCCCCCCCC[C@@H](Br)C(=O)O[C@@H](C(=O)O[C@H]1C[C@@]2(O)[C@@H](OC(=O)c3ccccc3)[C@@H]3[C@]4(OC(C)=O)CO[C@@H]4C[C@H](O)[C@@]3(C)C(=O)[C@H](OC(C)=O)C(=C1C)C2(C)C)[C@@H](NC(=O)c1ccccc1)c1ccccc1. The highest BCUT2D eigenvalue weighted by molar-refractivity contribution is 9.10. The fraction of sp³-hybridized carbons (Fsp3) is 0.571. The first-order chi connectivity index (χ1) is 38.1. The minimum atomic E-state index is -2.45. The number of fused-ring (bicyclic) bond motifs is 5. The van der Waals surface area contributed by atoms with Crippen LogP contribution in [0.3, 0.4) is 0 Å². The molecule has 0 unspecified atom stereocenters. The molecule has 434 valence electrons. The van der Waals surface area contributed by atoms with Gasteiger partial charge in [0, 0.05) is 37.7 Å². The first-order valence-corrected chi connectivity index (χ1v) is 29.4. The van der Waals surface area contributed by atoms with Gasteiger partial charge in [0.15, 0.2) is 17.5 Å². The van der Waals surface area contributed by atoms with Gasteiger partial charge < -0.3 is 44.0 Å². The fourth-order valence-electron chi connectivity index (χ4n) is 12.8. The normalized spacial score (nSPS) is 27.7. The molecule has 1 saturated heterocycles. The Kier molecular flexibility index (Phi) is 20.8. The molecule has 3 aromatic rings. The topological polar surface area (TPSA) is 227 Å². The Morgan fingerprint density at radius 3 is 1.82 bits per heavy atom. The van der Waals surface area contributed by atoms with Crippen molar-refractivity contribution in [2.24, 2.45) is 16.7 Å². The highest BCUT2D eigenvalue weighted by atomic mass is 79.9. The zero-order chi connectivity index (χ0) is 58.0. The van der Waals surface area contributed by atoms with Crippen molar-refractivity contribution in [3.8, 4) is 0 Å². The molecule has 17 heteroatoms. The third-order valence-electron chi connectivity index (χ3n) is 17.3. The summed E-state index contributed by atoms with van der Waals surface area (Å²) < 4.78 is 37.4. The zero-order valence-corrected chi connectivity index (χ0v) is 48.8. The van der Waals surface area contributed by atoms with Crippen LogP contribution in [0.15, 0.2) is 102 Å². The Bertz CT molecular complexity index is 2700. The van der Waals surface area contributed by atoms with Crippen LogP contribution in [0.25, 0.3) is 0 Å². The van der Waals surface area contributed by atoms with Crippen molar-refractivity contribution in [1.82, 2.24) is 5.32 Å². The van der Waals surface area contributed by atoms with Gasteiger partial charge in [-0.1, -0.05) is 180 Å². The molecule has 1 aliphatic heterocycles. The Morgan fingerprint density at radius 2 is 1.29 bits per heavy atom. The minimum absolute atomic E-state index is 0.0149. The van der Waals surface area contributed by atoms with E-state index in [0.717, 1.165) is 39.5 Å². The van der Waals surface area contributed by atoms with Gasteiger partial charge in [0.05, 0.1) is 29.6 Å². The van der Waals surface area contributed by atoms with Crippen LogP contribution in [-0.4, -0.2) is 111 Å². The van der Waals surface area contributed by atoms with E-state index in [0.29, 0.717) is 18.4 Å². The Balaban J connectivity index is 1.28. The van der Waals surface area contributed by atoms with Crippen molar-refractivity contribution in [1.29, 1.82) is 0 Å². The average Bonchev–Trinajstić information content (AvgIpc) is 3.45. The maximum atomic E-state index is 15.8. The quantitative estimate of drug-likeness (QED) is 0.0236. The Labute approximate surface area is 478 Å². The molecule has 12 atom stereocenters. The second-order valence-corrected chi connectivity index (χ2v) is 24.0. The molecule has 16 nitrogen and oxygen atoms in total. The van der Waals surface area contributed by atoms with Gasteiger partial charge in [-0.05, 0) is 61.2 Å². The number of nitrogens with one attached hydrogen (secondary N) is 1. The van der Waals surface area contributed by atoms with Gasteiger partial charge in [0.1, 0.15) is 34.8 Å². The van der Waals surface area contributed by atoms with Crippen molar-refractivity contribution < 1.29 is 72.2 Å². The molecule has 2 saturated carbocycles. The van der Waals surface area contributed by atoms with Gasteiger partial charge in [0.2, 0.25) is 6.10 Å². The number of esters is 5. The second-order valence-electron chi connectivity index (χ2n) is 22.9. The summed E-state index contributed by atoms with van der Waals surface area (Å²) in [5.74, 6) is -7.66. The van der Waals surface area contributed by atoms with Gasteiger partial charge in [0.25, 0.3) is 5.91 Å². The highest BCUT2D eigenvalue weighted by Gasteiger charge is 2.78. The van der Waals surface area contributed by atoms with Crippen molar-refractivity contribution in [3.05, 3.63) is 119 Å². The number of benzene rings is 3. The lowest BCUT2D eigenvalue weighted by molar-refractivity contribution is -0.346. The molecular weight excluding hydrogens is 1090 g/mol. The van der Waals surface area contributed by atoms with Gasteiger partial charge in [-0.25, -0.2) is 9.59 Å². The number of aliphatic hydroxyl groups excluding tert-OH is 1. The number of carbonyl (C=O) groups is 7. The van der Waals surface area contributed by atoms with Crippen LogP contribution in [0, 0.1) is 16.7 Å². The van der Waals surface area contributed by atoms with E-state index >= 15 is 9.59 Å². The molecule has 3 aromatic carbocycles. The van der Waals surface area contributed by atoms with Crippen LogP contribution in [-0.2, 0) is 52.4 Å². The van der Waals surface area contributed by atoms with Gasteiger partial charge in [-0.15, -0.1) is 0 Å². The molecule has 7 rings (SSSR count). The van der Waals surface area contributed by atoms with Crippen LogP contribution in [0.4, 0.5) is 0 Å². The molecule has 3 fully saturated rings. The number of Topliss-reactive ketones (excluding diaryl/α,β-unsaturated/α-hetero) is 1. The molecule has 0 radical (unpaired) electrons. The molecular formula is C63H80BrNO15. The summed E-state index contributed by atoms with van der Waals surface area (Å²) >= 11 is 3.54. The molecule has 80 heavy (non-hydrogen) atoms. The summed E-state index contributed by atoms with van der Waals surface area (Å²) in [6.07, 6.45) is 3.30. The average molecular weight is 1170 g/mol. The lowest BCUT2D eigenvalue weighted by atomic mass is 9.44. The monoisotopic (exact) mass is 1170 g/mol. The summed E-state index contributed by atoms with van der Waals surface area (Å²) in [5, 5.41) is 29.3. The first-order valence-electron chi connectivity index (χ1n) is 28.5. The van der Waals surface area contributed by atoms with Crippen molar-refractivity contribution in [2.45, 2.75) is 203 Å². The molecule has 3 N–H and O–H groups in total. The molecule has 3 aliphatic carbocycles. The third kappa shape index (κ3) is 13.1. The predicted molar refractivity (Wildman–Crippen MR) is 300 cm³/mol. The van der Waals surface area contributed by atoms with Gasteiger partial charge in [-0.2, -0.15) is 0 Å². The smallest absolute Gasteiger partial charge is 0.350 e. The Hall–Kier alpha value is -5.75. The number of unbranched alkanes of at least 4 members (excludes halogenated alkanes) is 11. The van der Waals surface area contributed by atoms with E-state index in [4.69, 9.17) is 28.4 Å². The van der Waals surface area contributed by atoms with Crippen LogP contribution < -0.4 is 5.32 Å². The van der Waals surface area contributed by atoms with Gasteiger partial charge in [-0.3, -0.25) is 24.0 Å². The third-order valence-corrected chi connectivity index (χ3v) is 18.1. The zero-order valence-electron chi connectivity index (χ0n) is 47.2. The van der Waals surface area contributed by atoms with Crippen LogP contribution in [0.1, 0.15) is 177 Å². The van der Waals surface area contributed by atoms with E-state index in [1.165, 1.54) is 64.0 Å². The van der Waals surface area contributed by atoms with Gasteiger partial charge >= 0.3 is 29.8 Å². The number of alkyl halides is 1. The number of amides is 1. The summed E-state index contributed by atoms with van der Waals surface area (Å²) in [6, 6.07) is 23.3. The number of ketones is 1. The summed E-state index contributed by atoms with van der Waals surface area (Å²) in [6.45, 7) is 10.3. The number of aliphatic hydroxyl groups is 2. The minimum Gasteiger partial charge on any atom is -0.455 e. The number of hydrogen-bond donors (Lipinski definition) is 3. The molecule has 0 aromatic heterocycles.